The first-order chi connectivity index (χ1) is 6.90. The molecule has 2 rings (SSSR count). The van der Waals surface area contributed by atoms with Crippen LogP contribution in [0.1, 0.15) is 47.5 Å². The first-order valence-corrected chi connectivity index (χ1v) is 6.27. The molecule has 86 valence electrons. The van der Waals surface area contributed by atoms with E-state index in [1.807, 2.05) is 0 Å². The van der Waals surface area contributed by atoms with Gasteiger partial charge in [-0.2, -0.15) is 0 Å². The molecule has 0 saturated heterocycles. The third kappa shape index (κ3) is 1.39. The van der Waals surface area contributed by atoms with Crippen LogP contribution < -0.4 is 0 Å². The van der Waals surface area contributed by atoms with Gasteiger partial charge in [0.05, 0.1) is 11.7 Å². The molecule has 4 unspecified atom stereocenters. The van der Waals surface area contributed by atoms with Crippen LogP contribution in [0.2, 0.25) is 0 Å². The highest BCUT2D eigenvalue weighted by Crippen LogP contribution is 2.55. The van der Waals surface area contributed by atoms with Crippen molar-refractivity contribution in [2.24, 2.45) is 17.3 Å². The van der Waals surface area contributed by atoms with Gasteiger partial charge in [-0.3, -0.25) is 0 Å². The number of rotatable bonds is 0. The Morgan fingerprint density at radius 3 is 2.20 bits per heavy atom. The zero-order valence-electron chi connectivity index (χ0n) is 10.7. The maximum atomic E-state index is 6.28. The predicted octanol–water partition coefficient (Wildman–Crippen LogP) is 3.79. The zero-order valence-corrected chi connectivity index (χ0v) is 10.7. The third-order valence-electron chi connectivity index (χ3n) is 5.00. The van der Waals surface area contributed by atoms with E-state index in [0.29, 0.717) is 5.92 Å². The molecular weight excluding hydrogens is 184 g/mol. The largest absolute Gasteiger partial charge is 0.363 e. The predicted molar refractivity (Wildman–Crippen MR) is 63.8 cm³/mol. The lowest BCUT2D eigenvalue weighted by Crippen LogP contribution is -2.55. The average molecular weight is 208 g/mol. The second kappa shape index (κ2) is 3.35. The van der Waals surface area contributed by atoms with Crippen LogP contribution in [0.4, 0.5) is 0 Å². The normalized spacial score (nSPS) is 48.7. The second-order valence-electron chi connectivity index (χ2n) is 6.08. The molecule has 1 aliphatic carbocycles. The number of hydrogen-bond acceptors (Lipinski definition) is 1. The van der Waals surface area contributed by atoms with E-state index in [1.54, 1.807) is 0 Å². The molecule has 0 amide bonds. The Morgan fingerprint density at radius 1 is 1.07 bits per heavy atom. The summed E-state index contributed by atoms with van der Waals surface area (Å²) in [5, 5.41) is 0. The summed E-state index contributed by atoms with van der Waals surface area (Å²) in [5.74, 6) is 1.38. The van der Waals surface area contributed by atoms with Crippen molar-refractivity contribution in [1.82, 2.24) is 0 Å². The molecular formula is C14H24O. The lowest BCUT2D eigenvalue weighted by atomic mass is 9.56. The SMILES string of the molecule is CC1C=CC2(O1)C(C)CCC(C)C2(C)C. The molecule has 1 fully saturated rings. The molecule has 1 heterocycles. The molecule has 1 spiro atoms. The van der Waals surface area contributed by atoms with Gasteiger partial charge in [-0.15, -0.1) is 0 Å². The van der Waals surface area contributed by atoms with Crippen molar-refractivity contribution in [3.8, 4) is 0 Å². The summed E-state index contributed by atoms with van der Waals surface area (Å²) in [7, 11) is 0. The van der Waals surface area contributed by atoms with Gasteiger partial charge >= 0.3 is 0 Å². The van der Waals surface area contributed by atoms with Crippen molar-refractivity contribution in [1.29, 1.82) is 0 Å². The van der Waals surface area contributed by atoms with Crippen LogP contribution in [0.5, 0.6) is 0 Å². The van der Waals surface area contributed by atoms with Gasteiger partial charge in [-0.05, 0) is 31.6 Å². The molecule has 1 nitrogen and oxygen atoms in total. The topological polar surface area (TPSA) is 9.23 Å². The molecule has 4 atom stereocenters. The highest BCUT2D eigenvalue weighted by atomic mass is 16.5. The molecule has 0 aromatic carbocycles. The van der Waals surface area contributed by atoms with Crippen molar-refractivity contribution < 1.29 is 4.74 Å². The lowest BCUT2D eigenvalue weighted by molar-refractivity contribution is -0.163. The zero-order chi connectivity index (χ0) is 11.3. The Kier molecular flexibility index (Phi) is 2.50. The van der Waals surface area contributed by atoms with Crippen molar-refractivity contribution in [2.45, 2.75) is 59.2 Å². The molecule has 1 saturated carbocycles. The quantitative estimate of drug-likeness (QED) is 0.550. The van der Waals surface area contributed by atoms with Gasteiger partial charge in [0.1, 0.15) is 0 Å². The molecule has 0 radical (unpaired) electrons. The van der Waals surface area contributed by atoms with Crippen molar-refractivity contribution in [3.05, 3.63) is 12.2 Å². The van der Waals surface area contributed by atoms with Crippen LogP contribution in [0, 0.1) is 17.3 Å². The lowest BCUT2D eigenvalue weighted by Gasteiger charge is -2.54. The van der Waals surface area contributed by atoms with Gasteiger partial charge in [0.25, 0.3) is 0 Å². The molecule has 1 aliphatic heterocycles. The maximum absolute atomic E-state index is 6.28. The van der Waals surface area contributed by atoms with E-state index >= 15 is 0 Å². The van der Waals surface area contributed by atoms with Gasteiger partial charge < -0.3 is 4.74 Å². The molecule has 0 aromatic rings. The Bertz CT molecular complexity index is 279. The summed E-state index contributed by atoms with van der Waals surface area (Å²) in [4.78, 5) is 0. The fourth-order valence-electron chi connectivity index (χ4n) is 3.41. The minimum absolute atomic E-state index is 0.00984. The van der Waals surface area contributed by atoms with E-state index in [2.05, 4.69) is 46.8 Å². The molecule has 0 aromatic heterocycles. The molecule has 0 N–H and O–H groups in total. The summed E-state index contributed by atoms with van der Waals surface area (Å²) in [6, 6.07) is 0. The fourth-order valence-corrected chi connectivity index (χ4v) is 3.41. The van der Waals surface area contributed by atoms with Crippen molar-refractivity contribution in [2.75, 3.05) is 0 Å². The van der Waals surface area contributed by atoms with Gasteiger partial charge in [0.15, 0.2) is 0 Å². The highest BCUT2D eigenvalue weighted by Gasteiger charge is 2.55. The number of hydrogen-bond donors (Lipinski definition) is 0. The highest BCUT2D eigenvalue weighted by molar-refractivity contribution is 5.20. The monoisotopic (exact) mass is 208 g/mol. The third-order valence-corrected chi connectivity index (χ3v) is 5.00. The second-order valence-corrected chi connectivity index (χ2v) is 6.08. The minimum atomic E-state index is -0.00984. The number of ether oxygens (including phenoxy) is 1. The summed E-state index contributed by atoms with van der Waals surface area (Å²) in [5.41, 5.74) is 0.246. The maximum Gasteiger partial charge on any atom is 0.0949 e. The Labute approximate surface area is 93.9 Å². The van der Waals surface area contributed by atoms with Crippen LogP contribution in [-0.4, -0.2) is 11.7 Å². The first kappa shape index (κ1) is 11.2. The van der Waals surface area contributed by atoms with E-state index in [9.17, 15) is 0 Å². The molecule has 0 bridgehead atoms. The van der Waals surface area contributed by atoms with Crippen LogP contribution in [0.15, 0.2) is 12.2 Å². The van der Waals surface area contributed by atoms with Gasteiger partial charge in [-0.1, -0.05) is 39.8 Å². The fraction of sp³-hybridized carbons (Fsp3) is 0.857. The van der Waals surface area contributed by atoms with Gasteiger partial charge in [-0.25, -0.2) is 0 Å². The molecule has 1 heteroatoms. The first-order valence-electron chi connectivity index (χ1n) is 6.27. The summed E-state index contributed by atoms with van der Waals surface area (Å²) in [6.45, 7) is 11.6. The van der Waals surface area contributed by atoms with Crippen LogP contribution in [0.25, 0.3) is 0 Å². The van der Waals surface area contributed by atoms with E-state index < -0.39 is 0 Å². The smallest absolute Gasteiger partial charge is 0.0949 e. The van der Waals surface area contributed by atoms with Crippen molar-refractivity contribution in [3.63, 3.8) is 0 Å². The Hall–Kier alpha value is -0.300. The van der Waals surface area contributed by atoms with Crippen LogP contribution in [-0.2, 0) is 4.74 Å². The van der Waals surface area contributed by atoms with Gasteiger partial charge in [0.2, 0.25) is 0 Å². The Balaban J connectivity index is 2.38. The van der Waals surface area contributed by atoms with Crippen molar-refractivity contribution >= 4 is 0 Å². The molecule has 2 aliphatic rings. The van der Waals surface area contributed by atoms with E-state index in [1.165, 1.54) is 12.8 Å². The Morgan fingerprint density at radius 2 is 1.67 bits per heavy atom. The van der Waals surface area contributed by atoms with E-state index in [4.69, 9.17) is 4.74 Å². The average Bonchev–Trinajstić information content (AvgIpc) is 2.55. The van der Waals surface area contributed by atoms with E-state index in [0.717, 1.165) is 5.92 Å². The van der Waals surface area contributed by atoms with Crippen LogP contribution in [0.3, 0.4) is 0 Å². The van der Waals surface area contributed by atoms with Gasteiger partial charge in [0, 0.05) is 5.41 Å². The summed E-state index contributed by atoms with van der Waals surface area (Å²) < 4.78 is 6.28. The summed E-state index contributed by atoms with van der Waals surface area (Å²) >= 11 is 0. The minimum Gasteiger partial charge on any atom is -0.363 e. The summed E-state index contributed by atoms with van der Waals surface area (Å²) in [6.07, 6.45) is 7.49. The van der Waals surface area contributed by atoms with E-state index in [-0.39, 0.29) is 17.1 Å². The van der Waals surface area contributed by atoms with Crippen LogP contribution >= 0.6 is 0 Å². The molecule has 15 heavy (non-hydrogen) atoms. The standard InChI is InChI=1S/C14H24O/c1-10-6-7-11(2)14(13(10,4)5)9-8-12(3)15-14/h8-12H,6-7H2,1-5H3.